The Balaban J connectivity index is 1.90. The first-order valence-electron chi connectivity index (χ1n) is 8.60. The van der Waals surface area contributed by atoms with E-state index in [-0.39, 0.29) is 28.6 Å². The van der Waals surface area contributed by atoms with Crippen molar-refractivity contribution in [2.24, 2.45) is 5.10 Å². The Labute approximate surface area is 171 Å². The minimum absolute atomic E-state index is 0.0332. The van der Waals surface area contributed by atoms with E-state index in [1.54, 1.807) is 31.2 Å². The molecule has 0 aliphatic rings. The summed E-state index contributed by atoms with van der Waals surface area (Å²) in [6.45, 7) is 4.02. The number of carbonyl (C=O) groups is 2. The highest BCUT2D eigenvalue weighted by Crippen LogP contribution is 2.24. The van der Waals surface area contributed by atoms with E-state index in [1.807, 2.05) is 6.92 Å². The monoisotopic (exact) mass is 418 g/mol. The third-order valence-corrected chi connectivity index (χ3v) is 3.92. The van der Waals surface area contributed by atoms with Crippen molar-refractivity contribution in [3.63, 3.8) is 0 Å². The van der Waals surface area contributed by atoms with Crippen molar-refractivity contribution in [3.05, 3.63) is 63.2 Å². The van der Waals surface area contributed by atoms with Crippen LogP contribution in [0.5, 0.6) is 5.75 Å². The first kappa shape index (κ1) is 21.8. The fourth-order valence-corrected chi connectivity index (χ4v) is 2.53. The number of amides is 2. The second-order valence-electron chi connectivity index (χ2n) is 5.89. The second-order valence-corrected chi connectivity index (χ2v) is 6.30. The van der Waals surface area contributed by atoms with Gasteiger partial charge in [-0.25, -0.2) is 5.43 Å². The molecule has 2 rings (SSSR count). The topological polar surface area (TPSA) is 123 Å². The summed E-state index contributed by atoms with van der Waals surface area (Å²) < 4.78 is 5.33. The van der Waals surface area contributed by atoms with Crippen molar-refractivity contribution >= 4 is 40.5 Å². The van der Waals surface area contributed by atoms with Crippen LogP contribution in [-0.2, 0) is 4.79 Å². The van der Waals surface area contributed by atoms with Gasteiger partial charge < -0.3 is 10.1 Å². The number of halogens is 1. The average molecular weight is 419 g/mol. The summed E-state index contributed by atoms with van der Waals surface area (Å²) >= 11 is 5.79. The number of nitro benzene ring substituents is 1. The Hall–Kier alpha value is -3.46. The molecule has 0 bridgehead atoms. The summed E-state index contributed by atoms with van der Waals surface area (Å²) in [5.41, 5.74) is 3.08. The van der Waals surface area contributed by atoms with Crippen molar-refractivity contribution in [2.75, 3.05) is 11.9 Å². The molecule has 2 aromatic rings. The summed E-state index contributed by atoms with van der Waals surface area (Å²) in [6.07, 6.45) is -0.0332. The number of nitro groups is 1. The summed E-state index contributed by atoms with van der Waals surface area (Å²) in [5, 5.41) is 17.2. The molecule has 0 unspecified atom stereocenters. The molecule has 0 saturated heterocycles. The fraction of sp³-hybridized carbons (Fsp3) is 0.211. The van der Waals surface area contributed by atoms with Gasteiger partial charge in [-0.1, -0.05) is 11.6 Å². The van der Waals surface area contributed by atoms with Crippen LogP contribution < -0.4 is 15.5 Å². The number of carbonyl (C=O) groups excluding carboxylic acids is 2. The van der Waals surface area contributed by atoms with Gasteiger partial charge in [0, 0.05) is 23.0 Å². The number of hydrogen-bond donors (Lipinski definition) is 2. The first-order chi connectivity index (χ1) is 13.8. The van der Waals surface area contributed by atoms with Gasteiger partial charge in [-0.15, -0.1) is 0 Å². The highest BCUT2D eigenvalue weighted by atomic mass is 35.5. The van der Waals surface area contributed by atoms with E-state index in [4.69, 9.17) is 16.3 Å². The zero-order chi connectivity index (χ0) is 21.4. The maximum absolute atomic E-state index is 12.1. The van der Waals surface area contributed by atoms with Gasteiger partial charge in [0.05, 0.1) is 18.0 Å². The van der Waals surface area contributed by atoms with Crippen molar-refractivity contribution in [3.8, 4) is 5.75 Å². The molecule has 9 nitrogen and oxygen atoms in total. The van der Waals surface area contributed by atoms with Crippen LogP contribution in [-0.4, -0.2) is 29.1 Å². The van der Waals surface area contributed by atoms with Crippen LogP contribution in [0.2, 0.25) is 5.02 Å². The lowest BCUT2D eigenvalue weighted by atomic mass is 10.2. The van der Waals surface area contributed by atoms with Crippen LogP contribution in [0.4, 0.5) is 11.4 Å². The Kier molecular flexibility index (Phi) is 7.67. The molecule has 10 heteroatoms. The minimum Gasteiger partial charge on any atom is -0.494 e. The molecular formula is C19H19ClN4O5. The van der Waals surface area contributed by atoms with Crippen molar-refractivity contribution in [1.29, 1.82) is 0 Å². The lowest BCUT2D eigenvalue weighted by Crippen LogP contribution is -2.21. The van der Waals surface area contributed by atoms with E-state index in [0.29, 0.717) is 23.8 Å². The molecule has 29 heavy (non-hydrogen) atoms. The number of ether oxygens (including phenoxy) is 1. The standard InChI is InChI=1S/C19H19ClN4O5/c1-3-29-15-7-5-14(6-8-15)21-18(25)10-12(2)22-23-19(26)13-4-9-17(24(27)28)16(20)11-13/h4-9,11H,3,10H2,1-2H3,(H,21,25)(H,23,26)/b22-12+. The summed E-state index contributed by atoms with van der Waals surface area (Å²) in [6, 6.07) is 10.5. The summed E-state index contributed by atoms with van der Waals surface area (Å²) in [7, 11) is 0. The van der Waals surface area contributed by atoms with E-state index >= 15 is 0 Å². The Morgan fingerprint density at radius 2 is 1.90 bits per heavy atom. The van der Waals surface area contributed by atoms with E-state index < -0.39 is 10.8 Å². The lowest BCUT2D eigenvalue weighted by Gasteiger charge is -2.07. The molecule has 2 amide bonds. The molecule has 0 spiro atoms. The van der Waals surface area contributed by atoms with Crippen LogP contribution in [0, 0.1) is 10.1 Å². The fourth-order valence-electron chi connectivity index (χ4n) is 2.29. The number of rotatable bonds is 8. The molecular weight excluding hydrogens is 400 g/mol. The normalized spacial score (nSPS) is 10.9. The first-order valence-corrected chi connectivity index (χ1v) is 8.98. The lowest BCUT2D eigenvalue weighted by molar-refractivity contribution is -0.384. The molecule has 2 N–H and O–H groups in total. The maximum Gasteiger partial charge on any atom is 0.287 e. The van der Waals surface area contributed by atoms with E-state index in [2.05, 4.69) is 15.8 Å². The van der Waals surface area contributed by atoms with Gasteiger partial charge in [0.15, 0.2) is 0 Å². The predicted octanol–water partition coefficient (Wildman–Crippen LogP) is 3.78. The van der Waals surface area contributed by atoms with Crippen LogP contribution in [0.1, 0.15) is 30.6 Å². The third-order valence-electron chi connectivity index (χ3n) is 3.62. The summed E-state index contributed by atoms with van der Waals surface area (Å²) in [5.74, 6) is -0.201. The molecule has 0 fully saturated rings. The largest absolute Gasteiger partial charge is 0.494 e. The number of nitrogens with one attached hydrogen (secondary N) is 2. The molecule has 0 radical (unpaired) electrons. The number of anilines is 1. The molecule has 0 heterocycles. The van der Waals surface area contributed by atoms with Crippen molar-refractivity contribution in [2.45, 2.75) is 20.3 Å². The molecule has 0 aromatic heterocycles. The van der Waals surface area contributed by atoms with Gasteiger partial charge in [0.1, 0.15) is 10.8 Å². The Morgan fingerprint density at radius 1 is 1.21 bits per heavy atom. The second kappa shape index (κ2) is 10.2. The molecule has 0 atom stereocenters. The quantitative estimate of drug-likeness (QED) is 0.383. The molecule has 152 valence electrons. The van der Waals surface area contributed by atoms with Crippen molar-refractivity contribution < 1.29 is 19.2 Å². The smallest absolute Gasteiger partial charge is 0.287 e. The van der Waals surface area contributed by atoms with Crippen LogP contribution in [0.15, 0.2) is 47.6 Å². The molecule has 2 aromatic carbocycles. The zero-order valence-corrected chi connectivity index (χ0v) is 16.5. The number of hydrazone groups is 1. The third kappa shape index (κ3) is 6.58. The van der Waals surface area contributed by atoms with Gasteiger partial charge in [0.25, 0.3) is 11.6 Å². The van der Waals surface area contributed by atoms with E-state index in [0.717, 1.165) is 6.07 Å². The number of benzene rings is 2. The predicted molar refractivity (Wildman–Crippen MR) is 110 cm³/mol. The average Bonchev–Trinajstić information content (AvgIpc) is 2.67. The Bertz CT molecular complexity index is 944. The van der Waals surface area contributed by atoms with Crippen molar-refractivity contribution in [1.82, 2.24) is 5.43 Å². The van der Waals surface area contributed by atoms with Gasteiger partial charge in [-0.2, -0.15) is 5.10 Å². The van der Waals surface area contributed by atoms with Gasteiger partial charge in [-0.05, 0) is 50.2 Å². The van der Waals surface area contributed by atoms with Crippen LogP contribution >= 0.6 is 11.6 Å². The molecule has 0 aliphatic heterocycles. The molecule has 0 aliphatic carbocycles. The highest BCUT2D eigenvalue weighted by Gasteiger charge is 2.15. The Morgan fingerprint density at radius 3 is 2.48 bits per heavy atom. The van der Waals surface area contributed by atoms with E-state index in [9.17, 15) is 19.7 Å². The number of hydrogen-bond acceptors (Lipinski definition) is 6. The van der Waals surface area contributed by atoms with Gasteiger partial charge in [-0.3, -0.25) is 19.7 Å². The molecule has 0 saturated carbocycles. The van der Waals surface area contributed by atoms with Gasteiger partial charge >= 0.3 is 0 Å². The SMILES string of the molecule is CCOc1ccc(NC(=O)C/C(C)=N/NC(=O)c2ccc([N+](=O)[O-])c(Cl)c2)cc1. The van der Waals surface area contributed by atoms with Crippen LogP contribution in [0.3, 0.4) is 0 Å². The highest BCUT2D eigenvalue weighted by molar-refractivity contribution is 6.33. The summed E-state index contributed by atoms with van der Waals surface area (Å²) in [4.78, 5) is 34.3. The maximum atomic E-state index is 12.1. The van der Waals surface area contributed by atoms with Crippen LogP contribution in [0.25, 0.3) is 0 Å². The number of nitrogens with zero attached hydrogens (tertiary/aromatic N) is 2. The minimum atomic E-state index is -0.644. The van der Waals surface area contributed by atoms with Gasteiger partial charge in [0.2, 0.25) is 5.91 Å². The van der Waals surface area contributed by atoms with E-state index in [1.165, 1.54) is 12.1 Å². The zero-order valence-electron chi connectivity index (χ0n) is 15.8.